The van der Waals surface area contributed by atoms with Gasteiger partial charge < -0.3 is 10.6 Å². The van der Waals surface area contributed by atoms with E-state index in [2.05, 4.69) is 18.2 Å². The fourth-order valence-electron chi connectivity index (χ4n) is 3.20. The van der Waals surface area contributed by atoms with Crippen molar-refractivity contribution in [3.05, 3.63) is 59.1 Å². The normalized spacial score (nSPS) is 15.1. The summed E-state index contributed by atoms with van der Waals surface area (Å²) in [7, 11) is 0. The first kappa shape index (κ1) is 17.7. The maximum Gasteiger partial charge on any atom is 0.253 e. The molecule has 1 fully saturated rings. The quantitative estimate of drug-likeness (QED) is 0.680. The van der Waals surface area contributed by atoms with Gasteiger partial charge in [0.25, 0.3) is 5.91 Å². The molecule has 2 N–H and O–H groups in total. The number of likely N-dealkylation sites (tertiary alicyclic amines) is 1. The lowest BCUT2D eigenvalue weighted by atomic mass is 9.97. The van der Waals surface area contributed by atoms with E-state index in [1.54, 1.807) is 35.6 Å². The van der Waals surface area contributed by atoms with Gasteiger partial charge in [-0.15, -0.1) is 23.7 Å². The number of nitrogens with two attached hydrogens (primary N) is 1. The van der Waals surface area contributed by atoms with Gasteiger partial charge in [-0.05, 0) is 49.2 Å². The molecule has 130 valence electrons. The molecule has 0 spiro atoms. The van der Waals surface area contributed by atoms with Crippen molar-refractivity contribution in [2.24, 2.45) is 0 Å². The zero-order valence-corrected chi connectivity index (χ0v) is 15.4. The van der Waals surface area contributed by atoms with Crippen LogP contribution in [0.1, 0.15) is 34.1 Å². The zero-order valence-electron chi connectivity index (χ0n) is 13.7. The molecule has 1 aliphatic rings. The molecular weight excluding hydrogens is 354 g/mol. The smallest absolute Gasteiger partial charge is 0.253 e. The number of hydrogen-bond acceptors (Lipinski definition) is 4. The third kappa shape index (κ3) is 3.62. The minimum Gasteiger partial charge on any atom is -0.399 e. The third-order valence-corrected chi connectivity index (χ3v) is 5.80. The predicted molar refractivity (Wildman–Crippen MR) is 106 cm³/mol. The summed E-state index contributed by atoms with van der Waals surface area (Å²) in [4.78, 5) is 19.3. The lowest BCUT2D eigenvalue weighted by Gasteiger charge is -2.31. The van der Waals surface area contributed by atoms with Crippen molar-refractivity contribution in [1.29, 1.82) is 0 Å². The number of benzene rings is 2. The van der Waals surface area contributed by atoms with Gasteiger partial charge in [0.05, 0.1) is 15.2 Å². The van der Waals surface area contributed by atoms with Crippen LogP contribution in [-0.2, 0) is 0 Å². The van der Waals surface area contributed by atoms with Crippen LogP contribution in [0.3, 0.4) is 0 Å². The first-order valence-corrected chi connectivity index (χ1v) is 9.02. The second kappa shape index (κ2) is 7.42. The molecule has 0 radical (unpaired) electrons. The van der Waals surface area contributed by atoms with Gasteiger partial charge >= 0.3 is 0 Å². The first-order valence-electron chi connectivity index (χ1n) is 8.21. The third-order valence-electron chi connectivity index (χ3n) is 4.60. The highest BCUT2D eigenvalue weighted by molar-refractivity contribution is 7.18. The Bertz CT molecular complexity index is 837. The molecule has 6 heteroatoms. The Morgan fingerprint density at radius 2 is 1.76 bits per heavy atom. The number of para-hydroxylation sites is 1. The van der Waals surface area contributed by atoms with Crippen LogP contribution < -0.4 is 5.73 Å². The van der Waals surface area contributed by atoms with E-state index < -0.39 is 0 Å². The Kier molecular flexibility index (Phi) is 5.25. The van der Waals surface area contributed by atoms with Crippen molar-refractivity contribution >= 4 is 45.6 Å². The summed E-state index contributed by atoms with van der Waals surface area (Å²) in [6.45, 7) is 1.56. The zero-order chi connectivity index (χ0) is 16.5. The van der Waals surface area contributed by atoms with Crippen LogP contribution in [0.5, 0.6) is 0 Å². The number of carbonyl (C=O) groups is 1. The van der Waals surface area contributed by atoms with Gasteiger partial charge in [-0.2, -0.15) is 0 Å². The summed E-state index contributed by atoms with van der Waals surface area (Å²) in [6.07, 6.45) is 1.95. The topological polar surface area (TPSA) is 59.2 Å². The highest BCUT2D eigenvalue weighted by atomic mass is 35.5. The number of aromatic nitrogens is 1. The molecule has 25 heavy (non-hydrogen) atoms. The van der Waals surface area contributed by atoms with E-state index in [0.717, 1.165) is 31.4 Å². The second-order valence-electron chi connectivity index (χ2n) is 6.21. The number of thiazole rings is 1. The van der Waals surface area contributed by atoms with Crippen LogP contribution in [0.2, 0.25) is 0 Å². The first-order chi connectivity index (χ1) is 11.7. The number of nitrogen functional groups attached to an aromatic ring is 1. The van der Waals surface area contributed by atoms with E-state index in [1.165, 1.54) is 9.71 Å². The Hall–Kier alpha value is -2.11. The van der Waals surface area contributed by atoms with Crippen LogP contribution in [0.25, 0.3) is 10.2 Å². The number of hydrogen-bond donors (Lipinski definition) is 1. The fraction of sp³-hybridized carbons (Fsp3) is 0.263. The van der Waals surface area contributed by atoms with Crippen molar-refractivity contribution in [2.45, 2.75) is 18.8 Å². The molecule has 0 saturated carbocycles. The van der Waals surface area contributed by atoms with Gasteiger partial charge in [0.2, 0.25) is 0 Å². The summed E-state index contributed by atoms with van der Waals surface area (Å²) >= 11 is 1.78. The molecule has 3 aromatic rings. The van der Waals surface area contributed by atoms with Crippen molar-refractivity contribution < 1.29 is 4.79 Å². The number of rotatable bonds is 2. The summed E-state index contributed by atoms with van der Waals surface area (Å²) in [5.41, 5.74) is 8.16. The molecule has 4 rings (SSSR count). The van der Waals surface area contributed by atoms with Crippen molar-refractivity contribution in [1.82, 2.24) is 9.88 Å². The minimum atomic E-state index is 0. The summed E-state index contributed by atoms with van der Waals surface area (Å²) in [5.74, 6) is 0.551. The number of carbonyl (C=O) groups excluding carboxylic acids is 1. The monoisotopic (exact) mass is 373 g/mol. The molecule has 2 heterocycles. The van der Waals surface area contributed by atoms with E-state index in [9.17, 15) is 4.79 Å². The van der Waals surface area contributed by atoms with Crippen LogP contribution >= 0.6 is 23.7 Å². The Morgan fingerprint density at radius 1 is 1.08 bits per heavy atom. The van der Waals surface area contributed by atoms with Crippen LogP contribution in [-0.4, -0.2) is 28.9 Å². The van der Waals surface area contributed by atoms with Gasteiger partial charge in [0, 0.05) is 30.3 Å². The highest BCUT2D eigenvalue weighted by Crippen LogP contribution is 2.34. The standard InChI is InChI=1S/C19H19N3OS.ClH/c20-15-7-5-14(6-8-15)19(23)22-11-9-13(10-12-22)18-21-16-3-1-2-4-17(16)24-18;/h1-8,13H,9-12,20H2;1H. The molecule has 0 atom stereocenters. The molecule has 1 aliphatic heterocycles. The Balaban J connectivity index is 0.00000182. The summed E-state index contributed by atoms with van der Waals surface area (Å²) < 4.78 is 1.24. The Morgan fingerprint density at radius 3 is 2.44 bits per heavy atom. The van der Waals surface area contributed by atoms with Gasteiger partial charge in [-0.1, -0.05) is 12.1 Å². The Labute approximate surface area is 157 Å². The van der Waals surface area contributed by atoms with Gasteiger partial charge in [-0.3, -0.25) is 4.79 Å². The SMILES string of the molecule is Cl.Nc1ccc(C(=O)N2CCC(c3nc4ccccc4s3)CC2)cc1. The maximum absolute atomic E-state index is 12.6. The molecule has 0 bridgehead atoms. The van der Waals surface area contributed by atoms with Crippen LogP contribution in [0.4, 0.5) is 5.69 Å². The molecular formula is C19H20ClN3OS. The molecule has 0 unspecified atom stereocenters. The minimum absolute atomic E-state index is 0. The number of halogens is 1. The molecule has 1 amide bonds. The predicted octanol–water partition coefficient (Wildman–Crippen LogP) is 4.32. The van der Waals surface area contributed by atoms with E-state index in [4.69, 9.17) is 10.7 Å². The van der Waals surface area contributed by atoms with E-state index in [-0.39, 0.29) is 18.3 Å². The van der Waals surface area contributed by atoms with E-state index >= 15 is 0 Å². The summed E-state index contributed by atoms with van der Waals surface area (Å²) in [5, 5.41) is 1.20. The number of fused-ring (bicyclic) bond motifs is 1. The van der Waals surface area contributed by atoms with E-state index in [1.807, 2.05) is 11.0 Å². The van der Waals surface area contributed by atoms with Crippen molar-refractivity contribution in [2.75, 3.05) is 18.8 Å². The maximum atomic E-state index is 12.6. The molecule has 0 aliphatic carbocycles. The van der Waals surface area contributed by atoms with Crippen LogP contribution in [0, 0.1) is 0 Å². The number of anilines is 1. The highest BCUT2D eigenvalue weighted by Gasteiger charge is 2.26. The van der Waals surface area contributed by atoms with Gasteiger partial charge in [-0.25, -0.2) is 4.98 Å². The fourth-order valence-corrected chi connectivity index (χ4v) is 4.34. The van der Waals surface area contributed by atoms with Crippen molar-refractivity contribution in [3.8, 4) is 0 Å². The number of nitrogens with zero attached hydrogens (tertiary/aromatic N) is 2. The van der Waals surface area contributed by atoms with Crippen molar-refractivity contribution in [3.63, 3.8) is 0 Å². The lowest BCUT2D eigenvalue weighted by Crippen LogP contribution is -2.37. The number of piperidine rings is 1. The second-order valence-corrected chi connectivity index (χ2v) is 7.27. The molecule has 1 aromatic heterocycles. The van der Waals surface area contributed by atoms with Crippen LogP contribution in [0.15, 0.2) is 48.5 Å². The lowest BCUT2D eigenvalue weighted by molar-refractivity contribution is 0.0713. The molecule has 1 saturated heterocycles. The molecule has 2 aromatic carbocycles. The van der Waals surface area contributed by atoms with Gasteiger partial charge in [0.1, 0.15) is 0 Å². The summed E-state index contributed by atoms with van der Waals surface area (Å²) in [6, 6.07) is 15.4. The average Bonchev–Trinajstić information content (AvgIpc) is 3.06. The largest absolute Gasteiger partial charge is 0.399 e. The number of amides is 1. The van der Waals surface area contributed by atoms with E-state index in [0.29, 0.717) is 17.2 Å². The average molecular weight is 374 g/mol. The molecule has 4 nitrogen and oxygen atoms in total. The van der Waals surface area contributed by atoms with Gasteiger partial charge in [0.15, 0.2) is 0 Å².